The van der Waals surface area contributed by atoms with Crippen LogP contribution < -0.4 is 5.32 Å². The quantitative estimate of drug-likeness (QED) is 0.626. The molecule has 0 saturated carbocycles. The number of para-hydroxylation sites is 1. The van der Waals surface area contributed by atoms with Crippen LogP contribution in [0.25, 0.3) is 10.2 Å². The van der Waals surface area contributed by atoms with Gasteiger partial charge in [0.1, 0.15) is 5.82 Å². The molecule has 1 saturated heterocycles. The molecule has 0 spiro atoms. The monoisotopic (exact) mass is 417 g/mol. The molecule has 1 aliphatic rings. The summed E-state index contributed by atoms with van der Waals surface area (Å²) in [6, 6.07) is 11.9. The van der Waals surface area contributed by atoms with Crippen molar-refractivity contribution in [1.82, 2.24) is 9.88 Å². The smallest absolute Gasteiger partial charge is 0.241 e. The number of hydrogen-bond acceptors (Lipinski definition) is 4. The summed E-state index contributed by atoms with van der Waals surface area (Å²) in [6.45, 7) is 3.57. The maximum absolute atomic E-state index is 13.2. The van der Waals surface area contributed by atoms with Gasteiger partial charge in [0.2, 0.25) is 5.91 Å². The number of fused-ring (bicyclic) bond motifs is 1. The van der Waals surface area contributed by atoms with Crippen LogP contribution in [0.15, 0.2) is 42.5 Å². The van der Waals surface area contributed by atoms with Gasteiger partial charge in [-0.2, -0.15) is 0 Å². The second kappa shape index (κ2) is 8.15. The van der Waals surface area contributed by atoms with E-state index in [1.165, 1.54) is 27.9 Å². The third-order valence-electron chi connectivity index (χ3n) is 5.31. The Morgan fingerprint density at radius 2 is 2.04 bits per heavy atom. The summed E-state index contributed by atoms with van der Waals surface area (Å²) in [7, 11) is 0. The molecule has 2 heterocycles. The predicted molar refractivity (Wildman–Crippen MR) is 113 cm³/mol. The number of benzene rings is 2. The second-order valence-corrected chi connectivity index (χ2v) is 8.59. The second-order valence-electron chi connectivity index (χ2n) is 7.12. The minimum absolute atomic E-state index is 0.132. The number of nitrogens with zero attached hydrogens (tertiary/aromatic N) is 2. The van der Waals surface area contributed by atoms with Crippen LogP contribution in [0.3, 0.4) is 0 Å². The van der Waals surface area contributed by atoms with Gasteiger partial charge < -0.3 is 5.32 Å². The molecule has 1 N–H and O–H groups in total. The van der Waals surface area contributed by atoms with E-state index in [1.54, 1.807) is 11.3 Å². The van der Waals surface area contributed by atoms with E-state index >= 15 is 0 Å². The van der Waals surface area contributed by atoms with E-state index in [1.807, 2.05) is 19.1 Å². The summed E-state index contributed by atoms with van der Waals surface area (Å²) in [5.41, 5.74) is 1.50. The number of amides is 1. The third-order valence-corrected chi connectivity index (χ3v) is 6.82. The molecule has 0 aliphatic carbocycles. The lowest BCUT2D eigenvalue weighted by Gasteiger charge is -2.34. The average molecular weight is 418 g/mol. The summed E-state index contributed by atoms with van der Waals surface area (Å²) in [4.78, 5) is 19.6. The van der Waals surface area contributed by atoms with Crippen LogP contribution in [-0.4, -0.2) is 34.9 Å². The van der Waals surface area contributed by atoms with Crippen molar-refractivity contribution < 1.29 is 9.18 Å². The van der Waals surface area contributed by atoms with Crippen molar-refractivity contribution >= 4 is 44.7 Å². The van der Waals surface area contributed by atoms with Crippen LogP contribution >= 0.6 is 22.9 Å². The van der Waals surface area contributed by atoms with E-state index in [4.69, 9.17) is 16.6 Å². The van der Waals surface area contributed by atoms with Gasteiger partial charge in [-0.3, -0.25) is 9.69 Å². The van der Waals surface area contributed by atoms with Crippen LogP contribution in [0.2, 0.25) is 5.02 Å². The molecular formula is C21H21ClFN3OS. The van der Waals surface area contributed by atoms with Gasteiger partial charge in [0.15, 0.2) is 0 Å². The fourth-order valence-electron chi connectivity index (χ4n) is 3.59. The number of carbonyl (C=O) groups excluding carboxylic acids is 1. The van der Waals surface area contributed by atoms with E-state index < -0.39 is 5.82 Å². The molecule has 2 aromatic carbocycles. The third kappa shape index (κ3) is 4.04. The van der Waals surface area contributed by atoms with Gasteiger partial charge in [-0.15, -0.1) is 11.3 Å². The average Bonchev–Trinajstić information content (AvgIpc) is 3.14. The maximum Gasteiger partial charge on any atom is 0.241 e. The minimum Gasteiger partial charge on any atom is -0.323 e. The number of aromatic nitrogens is 1. The zero-order valence-electron chi connectivity index (χ0n) is 15.5. The molecule has 3 aromatic rings. The molecule has 1 atom stereocenters. The normalized spacial score (nSPS) is 17.0. The lowest BCUT2D eigenvalue weighted by Crippen LogP contribution is -2.45. The number of rotatable bonds is 4. The highest BCUT2D eigenvalue weighted by Gasteiger charge is 2.29. The molecule has 28 heavy (non-hydrogen) atoms. The maximum atomic E-state index is 13.2. The van der Waals surface area contributed by atoms with E-state index in [-0.39, 0.29) is 17.0 Å². The topological polar surface area (TPSA) is 45.2 Å². The first-order valence-electron chi connectivity index (χ1n) is 9.36. The first-order chi connectivity index (χ1) is 13.5. The Morgan fingerprint density at radius 3 is 2.75 bits per heavy atom. The number of piperidine rings is 1. The Morgan fingerprint density at radius 1 is 1.29 bits per heavy atom. The number of anilines is 1. The van der Waals surface area contributed by atoms with Crippen molar-refractivity contribution in [1.29, 1.82) is 0 Å². The van der Waals surface area contributed by atoms with E-state index in [0.29, 0.717) is 11.6 Å². The van der Waals surface area contributed by atoms with Gasteiger partial charge in [0.25, 0.3) is 0 Å². The van der Waals surface area contributed by atoms with Crippen molar-refractivity contribution in [2.24, 2.45) is 0 Å². The first-order valence-corrected chi connectivity index (χ1v) is 10.6. The zero-order valence-corrected chi connectivity index (χ0v) is 17.1. The van der Waals surface area contributed by atoms with E-state index in [0.717, 1.165) is 31.4 Å². The number of hydrogen-bond donors (Lipinski definition) is 1. The molecule has 1 aromatic heterocycles. The molecule has 0 radical (unpaired) electrons. The highest BCUT2D eigenvalue weighted by atomic mass is 35.5. The van der Waals surface area contributed by atoms with Gasteiger partial charge in [-0.05, 0) is 63.2 Å². The van der Waals surface area contributed by atoms with E-state index in [2.05, 4.69) is 22.3 Å². The summed E-state index contributed by atoms with van der Waals surface area (Å²) in [5.74, 6) is -0.115. The summed E-state index contributed by atoms with van der Waals surface area (Å²) >= 11 is 7.78. The molecule has 0 unspecified atom stereocenters. The largest absolute Gasteiger partial charge is 0.323 e. The standard InChI is InChI=1S/C21H21ClFN3OS/c1-13(20(27)24-17-7-6-15(23)12-16(17)22)26-10-8-14(9-11-26)21-25-18-4-2-3-5-19(18)28-21/h2-7,12-14H,8-11H2,1H3,(H,24,27)/t13-/m1/s1. The van der Waals surface area contributed by atoms with Crippen LogP contribution in [0.4, 0.5) is 10.1 Å². The number of halogens is 2. The minimum atomic E-state index is -0.423. The Hall–Kier alpha value is -2.02. The van der Waals surface area contributed by atoms with E-state index in [9.17, 15) is 9.18 Å². The van der Waals surface area contributed by atoms with Crippen molar-refractivity contribution in [2.75, 3.05) is 18.4 Å². The Labute approximate surface area is 172 Å². The van der Waals surface area contributed by atoms with Crippen LogP contribution in [0.5, 0.6) is 0 Å². The summed E-state index contributed by atoms with van der Waals surface area (Å²) < 4.78 is 14.4. The van der Waals surface area contributed by atoms with Gasteiger partial charge in [-0.25, -0.2) is 9.37 Å². The van der Waals surface area contributed by atoms with Crippen molar-refractivity contribution in [2.45, 2.75) is 31.7 Å². The molecule has 1 amide bonds. The molecule has 1 aliphatic heterocycles. The SMILES string of the molecule is C[C@H](C(=O)Nc1ccc(F)cc1Cl)N1CCC(c2nc3ccccc3s2)CC1. The fraction of sp³-hybridized carbons (Fsp3) is 0.333. The van der Waals surface area contributed by atoms with Crippen LogP contribution in [-0.2, 0) is 4.79 Å². The molecular weight excluding hydrogens is 397 g/mol. The highest BCUT2D eigenvalue weighted by molar-refractivity contribution is 7.18. The lowest BCUT2D eigenvalue weighted by atomic mass is 9.96. The van der Waals surface area contributed by atoms with Crippen molar-refractivity contribution in [3.63, 3.8) is 0 Å². The number of likely N-dealkylation sites (tertiary alicyclic amines) is 1. The predicted octanol–water partition coefficient (Wildman–Crippen LogP) is 5.30. The first kappa shape index (κ1) is 19.3. The Bertz CT molecular complexity index is 967. The summed E-state index contributed by atoms with van der Waals surface area (Å²) in [6.07, 6.45) is 1.96. The molecule has 1 fully saturated rings. The zero-order chi connectivity index (χ0) is 19.7. The molecule has 4 nitrogen and oxygen atoms in total. The molecule has 7 heteroatoms. The number of thiazole rings is 1. The van der Waals surface area contributed by atoms with Crippen molar-refractivity contribution in [3.8, 4) is 0 Å². The highest BCUT2D eigenvalue weighted by Crippen LogP contribution is 2.34. The molecule has 4 rings (SSSR count). The Kier molecular flexibility index (Phi) is 5.62. The van der Waals surface area contributed by atoms with Gasteiger partial charge in [-0.1, -0.05) is 23.7 Å². The molecule has 146 valence electrons. The van der Waals surface area contributed by atoms with Crippen LogP contribution in [0, 0.1) is 5.82 Å². The number of nitrogens with one attached hydrogen (secondary N) is 1. The Balaban J connectivity index is 1.36. The van der Waals surface area contributed by atoms with Gasteiger partial charge >= 0.3 is 0 Å². The van der Waals surface area contributed by atoms with Crippen LogP contribution in [0.1, 0.15) is 30.7 Å². The summed E-state index contributed by atoms with van der Waals surface area (Å²) in [5, 5.41) is 4.20. The number of carbonyl (C=O) groups is 1. The van der Waals surface area contributed by atoms with Crippen molar-refractivity contribution in [3.05, 3.63) is 58.3 Å². The fourth-order valence-corrected chi connectivity index (χ4v) is 4.94. The van der Waals surface area contributed by atoms with Gasteiger partial charge in [0, 0.05) is 5.92 Å². The lowest BCUT2D eigenvalue weighted by molar-refractivity contribution is -0.121. The molecule has 0 bridgehead atoms. The van der Waals surface area contributed by atoms with Gasteiger partial charge in [0.05, 0.1) is 32.0 Å².